The molecule has 1 aliphatic rings. The number of alkyl carbamates (subject to hydrolysis) is 1. The van der Waals surface area contributed by atoms with Crippen molar-refractivity contribution in [2.45, 2.75) is 85.0 Å². The molecule has 0 spiro atoms. The molecular formula is C21H38NO6P. The van der Waals surface area contributed by atoms with Crippen LogP contribution in [0.2, 0.25) is 0 Å². The van der Waals surface area contributed by atoms with Gasteiger partial charge in [0.05, 0.1) is 13.3 Å². The van der Waals surface area contributed by atoms with Gasteiger partial charge in [0.25, 0.3) is 0 Å². The van der Waals surface area contributed by atoms with E-state index in [9.17, 15) is 14.2 Å². The van der Waals surface area contributed by atoms with Gasteiger partial charge in [-0.2, -0.15) is 0 Å². The van der Waals surface area contributed by atoms with Gasteiger partial charge in [-0.25, -0.2) is 9.59 Å². The second-order valence-electron chi connectivity index (χ2n) is 8.97. The second-order valence-corrected chi connectivity index (χ2v) is 10.3. The molecule has 0 bridgehead atoms. The van der Waals surface area contributed by atoms with E-state index in [0.717, 1.165) is 25.7 Å². The molecule has 0 saturated heterocycles. The minimum absolute atomic E-state index is 0.0211. The predicted molar refractivity (Wildman–Crippen MR) is 114 cm³/mol. The van der Waals surface area contributed by atoms with E-state index < -0.39 is 31.9 Å². The molecule has 0 aromatic heterocycles. The van der Waals surface area contributed by atoms with Gasteiger partial charge in [-0.1, -0.05) is 52.0 Å². The lowest BCUT2D eigenvalue weighted by Crippen LogP contribution is -2.41. The molecule has 0 aliphatic heterocycles. The molecule has 1 aliphatic carbocycles. The molecule has 1 saturated carbocycles. The van der Waals surface area contributed by atoms with Crippen molar-refractivity contribution in [2.24, 2.45) is 11.8 Å². The van der Waals surface area contributed by atoms with Gasteiger partial charge in [0.1, 0.15) is 11.8 Å². The number of carbonyl (C=O) groups is 2. The maximum absolute atomic E-state index is 12.7. The molecule has 0 heterocycles. The van der Waals surface area contributed by atoms with Crippen molar-refractivity contribution in [1.29, 1.82) is 0 Å². The molecule has 0 aromatic carbocycles. The van der Waals surface area contributed by atoms with E-state index >= 15 is 0 Å². The van der Waals surface area contributed by atoms with E-state index in [1.54, 1.807) is 26.8 Å². The topological polar surface area (TPSA) is 90.9 Å². The van der Waals surface area contributed by atoms with E-state index in [1.807, 2.05) is 13.8 Å². The minimum atomic E-state index is -2.61. The fourth-order valence-electron chi connectivity index (χ4n) is 3.39. The van der Waals surface area contributed by atoms with Gasteiger partial charge in [0.15, 0.2) is 8.03 Å². The monoisotopic (exact) mass is 431 g/mol. The zero-order valence-electron chi connectivity index (χ0n) is 18.7. The number of rotatable bonds is 9. The third-order valence-electron chi connectivity index (χ3n) is 4.54. The number of esters is 1. The number of hydrogen-bond donors (Lipinski definition) is 1. The molecule has 7 nitrogen and oxygen atoms in total. The smallest absolute Gasteiger partial charge is 0.409 e. The number of amides is 1. The molecule has 1 amide bonds. The zero-order valence-corrected chi connectivity index (χ0v) is 19.7. The van der Waals surface area contributed by atoms with Gasteiger partial charge in [-0.05, 0) is 39.0 Å². The Bertz CT molecular complexity index is 590. The van der Waals surface area contributed by atoms with Gasteiger partial charge in [0.2, 0.25) is 0 Å². The summed E-state index contributed by atoms with van der Waals surface area (Å²) >= 11 is 0. The van der Waals surface area contributed by atoms with Crippen LogP contribution >= 0.6 is 8.03 Å². The van der Waals surface area contributed by atoms with Gasteiger partial charge < -0.3 is 14.0 Å². The summed E-state index contributed by atoms with van der Waals surface area (Å²) in [5.74, 6) is 0.00572. The average molecular weight is 432 g/mol. The minimum Gasteiger partial charge on any atom is -0.466 e. The quantitative estimate of drug-likeness (QED) is 0.238. The average Bonchev–Trinajstić information content (AvgIpc) is 2.59. The summed E-state index contributed by atoms with van der Waals surface area (Å²) < 4.78 is 28.5. The summed E-state index contributed by atoms with van der Waals surface area (Å²) in [7, 11) is -1.32. The molecule has 8 heteroatoms. The van der Waals surface area contributed by atoms with Crippen LogP contribution in [0, 0.1) is 11.8 Å². The third-order valence-corrected chi connectivity index (χ3v) is 5.76. The van der Waals surface area contributed by atoms with Crippen molar-refractivity contribution in [3.05, 3.63) is 11.6 Å². The van der Waals surface area contributed by atoms with Crippen LogP contribution in [0.25, 0.3) is 0 Å². The lowest BCUT2D eigenvalue weighted by Gasteiger charge is -2.28. The molecule has 2 atom stereocenters. The first-order chi connectivity index (χ1) is 13.5. The summed E-state index contributed by atoms with van der Waals surface area (Å²) in [5, 5.41) is 2.72. The maximum atomic E-state index is 12.7. The Morgan fingerprint density at radius 3 is 2.31 bits per heavy atom. The number of hydrogen-bond acceptors (Lipinski definition) is 6. The van der Waals surface area contributed by atoms with Crippen LogP contribution in [0.1, 0.15) is 73.1 Å². The van der Waals surface area contributed by atoms with Crippen molar-refractivity contribution in [2.75, 3.05) is 13.3 Å². The Balaban J connectivity index is 2.80. The Kier molecular flexibility index (Phi) is 11.0. The number of ether oxygens (including phenoxy) is 2. The van der Waals surface area contributed by atoms with E-state index in [4.69, 9.17) is 14.0 Å². The van der Waals surface area contributed by atoms with Gasteiger partial charge in [-0.15, -0.1) is 0 Å². The number of nitrogens with one attached hydrogen (secondary N) is 1. The van der Waals surface area contributed by atoms with E-state index in [0.29, 0.717) is 17.9 Å². The van der Waals surface area contributed by atoms with Crippen molar-refractivity contribution < 1.29 is 28.2 Å². The normalized spacial score (nSPS) is 18.2. The molecule has 1 fully saturated rings. The predicted octanol–water partition coefficient (Wildman–Crippen LogP) is 5.05. The van der Waals surface area contributed by atoms with E-state index in [2.05, 4.69) is 5.32 Å². The number of carbonyl (C=O) groups excluding carboxylic acids is 2. The van der Waals surface area contributed by atoms with Crippen molar-refractivity contribution >= 4 is 20.1 Å². The molecule has 1 N–H and O–H groups in total. The Morgan fingerprint density at radius 1 is 1.17 bits per heavy atom. The van der Waals surface area contributed by atoms with Crippen LogP contribution < -0.4 is 5.32 Å². The highest BCUT2D eigenvalue weighted by atomic mass is 31.1. The largest absolute Gasteiger partial charge is 0.466 e. The molecule has 0 aromatic rings. The van der Waals surface area contributed by atoms with Gasteiger partial charge in [0, 0.05) is 5.57 Å². The van der Waals surface area contributed by atoms with Crippen LogP contribution in [0.5, 0.6) is 0 Å². The SMILES string of the molecule is COC(=O)/C(=C/C(C)C)C[PH](=O)OC(CC1CCCCC1)NC(=O)OC(C)(C)C. The summed E-state index contributed by atoms with van der Waals surface area (Å²) in [6.07, 6.45) is 6.65. The third kappa shape index (κ3) is 11.4. The second kappa shape index (κ2) is 12.4. The molecule has 29 heavy (non-hydrogen) atoms. The van der Waals surface area contributed by atoms with E-state index in [-0.39, 0.29) is 12.1 Å². The summed E-state index contributed by atoms with van der Waals surface area (Å²) in [6.45, 7) is 9.21. The fraction of sp³-hybridized carbons (Fsp3) is 0.810. The molecule has 168 valence electrons. The lowest BCUT2D eigenvalue weighted by atomic mass is 9.86. The molecule has 1 rings (SSSR count). The number of methoxy groups -OCH3 is 1. The molecule has 0 radical (unpaired) electrons. The summed E-state index contributed by atoms with van der Waals surface area (Å²) in [5.41, 5.74) is -0.303. The van der Waals surface area contributed by atoms with Gasteiger partial charge in [-0.3, -0.25) is 9.88 Å². The first-order valence-electron chi connectivity index (χ1n) is 10.5. The highest BCUT2D eigenvalue weighted by molar-refractivity contribution is 7.39. The number of allylic oxidation sites excluding steroid dienone is 1. The lowest BCUT2D eigenvalue weighted by molar-refractivity contribution is -0.136. The van der Waals surface area contributed by atoms with Crippen LogP contribution in [0.4, 0.5) is 4.79 Å². The first-order valence-corrected chi connectivity index (χ1v) is 12.0. The Labute approximate surface area is 175 Å². The van der Waals surface area contributed by atoms with Crippen molar-refractivity contribution in [3.63, 3.8) is 0 Å². The highest BCUT2D eigenvalue weighted by Crippen LogP contribution is 2.33. The first kappa shape index (κ1) is 25.7. The summed E-state index contributed by atoms with van der Waals surface area (Å²) in [4.78, 5) is 24.2. The summed E-state index contributed by atoms with van der Waals surface area (Å²) in [6, 6.07) is 0. The Hall–Kier alpha value is -1.33. The molecule has 2 unspecified atom stereocenters. The molecular weight excluding hydrogens is 393 g/mol. The highest BCUT2D eigenvalue weighted by Gasteiger charge is 2.26. The van der Waals surface area contributed by atoms with Gasteiger partial charge >= 0.3 is 12.1 Å². The van der Waals surface area contributed by atoms with Crippen LogP contribution in [0.3, 0.4) is 0 Å². The van der Waals surface area contributed by atoms with Crippen LogP contribution in [-0.2, 0) is 23.4 Å². The van der Waals surface area contributed by atoms with Crippen molar-refractivity contribution in [1.82, 2.24) is 5.32 Å². The van der Waals surface area contributed by atoms with E-state index in [1.165, 1.54) is 13.5 Å². The Morgan fingerprint density at radius 2 is 1.79 bits per heavy atom. The van der Waals surface area contributed by atoms with Crippen molar-refractivity contribution in [3.8, 4) is 0 Å². The maximum Gasteiger partial charge on any atom is 0.409 e. The fourth-order valence-corrected chi connectivity index (χ4v) is 4.52. The van der Waals surface area contributed by atoms with Crippen LogP contribution in [0.15, 0.2) is 11.6 Å². The van der Waals surface area contributed by atoms with Crippen LogP contribution in [-0.4, -0.2) is 37.2 Å². The standard InChI is InChI=1S/C21H38NO6P/c1-15(2)12-17(19(23)26-6)14-29(25)28-18(13-16-10-8-7-9-11-16)22-20(24)27-21(3,4)5/h12,15-16,18,29H,7-11,13-14H2,1-6H3,(H,22,24)/b17-12+. The zero-order chi connectivity index (χ0) is 22.0.